The van der Waals surface area contributed by atoms with Crippen LogP contribution in [0.25, 0.3) is 10.8 Å². The maximum Gasteiger partial charge on any atom is 0.487 e. The van der Waals surface area contributed by atoms with E-state index in [0.717, 1.165) is 27.9 Å². The Morgan fingerprint density at radius 2 is 1.44 bits per heavy atom. The molecule has 1 aliphatic carbocycles. The number of phenolic OH excluding ortho intramolecular Hbond substituents is 1. The number of benzene rings is 5. The second-order valence-corrected chi connectivity index (χ2v) is 12.6. The molecule has 9 heteroatoms. The van der Waals surface area contributed by atoms with E-state index in [9.17, 15) is 19.7 Å². The molecule has 0 aromatic heterocycles. The van der Waals surface area contributed by atoms with Crippen LogP contribution >= 0.6 is 0 Å². The van der Waals surface area contributed by atoms with Crippen LogP contribution in [-0.4, -0.2) is 35.7 Å². The van der Waals surface area contributed by atoms with Crippen LogP contribution in [-0.2, 0) is 14.2 Å². The van der Waals surface area contributed by atoms with Gasteiger partial charge in [0, 0.05) is 16.8 Å². The number of aromatic hydroxyl groups is 1. The van der Waals surface area contributed by atoms with Crippen molar-refractivity contribution >= 4 is 46.8 Å². The normalized spacial score (nSPS) is 22.1. The molecule has 2 amide bonds. The zero-order valence-corrected chi connectivity index (χ0v) is 26.0. The number of amides is 2. The van der Waals surface area contributed by atoms with Gasteiger partial charge in [-0.15, -0.1) is 0 Å². The van der Waals surface area contributed by atoms with E-state index < -0.39 is 31.0 Å². The first kappa shape index (κ1) is 30.0. The molecule has 0 unspecified atom stereocenters. The summed E-state index contributed by atoms with van der Waals surface area (Å²) in [4.78, 5) is 29.8. The Morgan fingerprint density at radius 1 is 0.771 bits per heavy atom. The Hall–Kier alpha value is -5.38. The number of carbonyl (C=O) groups excluding carboxylic acids is 2. The van der Waals surface area contributed by atoms with Gasteiger partial charge in [-0.3, -0.25) is 14.5 Å². The zero-order valence-electron chi connectivity index (χ0n) is 26.0. The zero-order chi connectivity index (χ0) is 32.8. The van der Waals surface area contributed by atoms with Crippen molar-refractivity contribution in [1.29, 1.82) is 0 Å². The van der Waals surface area contributed by atoms with Crippen LogP contribution in [0.2, 0.25) is 0 Å². The van der Waals surface area contributed by atoms with Crippen LogP contribution in [0.1, 0.15) is 24.5 Å². The number of anilines is 3. The lowest BCUT2D eigenvalue weighted by atomic mass is 9.55. The Balaban J connectivity index is 1.14. The van der Waals surface area contributed by atoms with E-state index in [4.69, 9.17) is 9.39 Å². The Morgan fingerprint density at radius 3 is 2.19 bits per heavy atom. The largest absolute Gasteiger partial charge is 0.507 e. The summed E-state index contributed by atoms with van der Waals surface area (Å²) in [5.41, 5.74) is 4.48. The molecule has 0 radical (unpaired) electrons. The fourth-order valence-corrected chi connectivity index (χ4v) is 7.65. The summed E-state index contributed by atoms with van der Waals surface area (Å²) < 4.78 is 12.4. The molecule has 2 saturated heterocycles. The molecular weight excluding hydrogens is 603 g/mol. The molecule has 5 aromatic rings. The summed E-state index contributed by atoms with van der Waals surface area (Å²) in [6, 6.07) is 37.4. The van der Waals surface area contributed by atoms with E-state index in [2.05, 4.69) is 5.32 Å². The topological polar surface area (TPSA) is 108 Å². The molecule has 238 valence electrons. The lowest BCUT2D eigenvalue weighted by Gasteiger charge is -2.42. The maximum absolute atomic E-state index is 14.4. The number of ether oxygens (including phenoxy) is 1. The number of hydrogen-bond acceptors (Lipinski definition) is 7. The van der Waals surface area contributed by atoms with Gasteiger partial charge in [-0.1, -0.05) is 66.7 Å². The van der Waals surface area contributed by atoms with Crippen LogP contribution in [0.5, 0.6) is 11.5 Å². The third-order valence-corrected chi connectivity index (χ3v) is 9.84. The van der Waals surface area contributed by atoms with Gasteiger partial charge >= 0.3 is 7.12 Å². The number of rotatable bonds is 7. The van der Waals surface area contributed by atoms with Gasteiger partial charge in [0.05, 0.1) is 23.6 Å². The fourth-order valence-electron chi connectivity index (χ4n) is 7.65. The van der Waals surface area contributed by atoms with E-state index >= 15 is 0 Å². The minimum atomic E-state index is -1.29. The molecule has 8 nitrogen and oxygen atoms in total. The molecule has 0 spiro atoms. The van der Waals surface area contributed by atoms with Crippen LogP contribution in [0.15, 0.2) is 132 Å². The molecule has 8 rings (SSSR count). The Kier molecular flexibility index (Phi) is 7.71. The van der Waals surface area contributed by atoms with Crippen LogP contribution < -0.4 is 15.0 Å². The van der Waals surface area contributed by atoms with Crippen LogP contribution in [0.4, 0.5) is 17.1 Å². The van der Waals surface area contributed by atoms with Gasteiger partial charge in [0.15, 0.2) is 0 Å². The lowest BCUT2D eigenvalue weighted by molar-refractivity contribution is -0.123. The molecule has 48 heavy (non-hydrogen) atoms. The summed E-state index contributed by atoms with van der Waals surface area (Å²) in [5, 5.41) is 27.0. The second kappa shape index (κ2) is 12.3. The molecule has 2 aliphatic heterocycles. The van der Waals surface area contributed by atoms with Crippen molar-refractivity contribution in [2.24, 2.45) is 17.8 Å². The van der Waals surface area contributed by atoms with E-state index in [-0.39, 0.29) is 30.6 Å². The predicted molar refractivity (Wildman–Crippen MR) is 185 cm³/mol. The highest BCUT2D eigenvalue weighted by Crippen LogP contribution is 2.52. The maximum atomic E-state index is 14.4. The third kappa shape index (κ3) is 5.31. The van der Waals surface area contributed by atoms with Crippen molar-refractivity contribution in [3.05, 3.63) is 138 Å². The molecule has 0 saturated carbocycles. The molecule has 2 fully saturated rings. The summed E-state index contributed by atoms with van der Waals surface area (Å²) in [6.07, 6.45) is 0.0875. The molecule has 3 N–H and O–H groups in total. The Labute approximate surface area is 278 Å². The van der Waals surface area contributed by atoms with E-state index in [1.807, 2.05) is 103 Å². The van der Waals surface area contributed by atoms with Gasteiger partial charge in [0.1, 0.15) is 18.1 Å². The third-order valence-electron chi connectivity index (χ3n) is 9.84. The first-order valence-corrected chi connectivity index (χ1v) is 16.2. The molecule has 2 heterocycles. The quantitative estimate of drug-likeness (QED) is 0.131. The average molecular weight is 637 g/mol. The van der Waals surface area contributed by atoms with E-state index in [0.29, 0.717) is 28.7 Å². The van der Waals surface area contributed by atoms with E-state index in [1.165, 1.54) is 4.90 Å². The van der Waals surface area contributed by atoms with Crippen molar-refractivity contribution < 1.29 is 29.1 Å². The monoisotopic (exact) mass is 636 g/mol. The number of nitrogens with one attached hydrogen (secondary N) is 1. The summed E-state index contributed by atoms with van der Waals surface area (Å²) >= 11 is 0. The van der Waals surface area contributed by atoms with Gasteiger partial charge in [-0.25, -0.2) is 0 Å². The summed E-state index contributed by atoms with van der Waals surface area (Å²) in [5.74, 6) is -1.44. The van der Waals surface area contributed by atoms with Crippen molar-refractivity contribution in [3.63, 3.8) is 0 Å². The van der Waals surface area contributed by atoms with Gasteiger partial charge in [0.2, 0.25) is 11.8 Å². The molecule has 5 aromatic carbocycles. The number of hydrogen-bond donors (Lipinski definition) is 3. The van der Waals surface area contributed by atoms with Crippen LogP contribution in [0.3, 0.4) is 0 Å². The highest BCUT2D eigenvalue weighted by Gasteiger charge is 2.58. The number of imide groups is 1. The number of nitrogens with zero attached hydrogens (tertiary/aromatic N) is 1. The molecule has 0 bridgehead atoms. The highest BCUT2D eigenvalue weighted by molar-refractivity contribution is 6.53. The number of carbonyl (C=O) groups is 2. The van der Waals surface area contributed by atoms with Crippen LogP contribution in [0, 0.1) is 17.8 Å². The van der Waals surface area contributed by atoms with Gasteiger partial charge in [-0.2, -0.15) is 0 Å². The SMILES string of the molecule is O=C1[C@H]2[C@H](CC(COc3ccccc3)=C3B(O)O[C@H](c4ccc(O)c5ccccc45)C[C@H]32)C(=O)N1c1ccc(Nc2ccccc2)cc1. The minimum absolute atomic E-state index is 0.154. The lowest BCUT2D eigenvalue weighted by Crippen LogP contribution is -2.45. The smallest absolute Gasteiger partial charge is 0.487 e. The van der Waals surface area contributed by atoms with Gasteiger partial charge < -0.3 is 24.8 Å². The molecular formula is C39H33BN2O6. The van der Waals surface area contributed by atoms with Crippen molar-refractivity contribution in [1.82, 2.24) is 0 Å². The summed E-state index contributed by atoms with van der Waals surface area (Å²) in [7, 11) is -1.29. The minimum Gasteiger partial charge on any atom is -0.507 e. The highest BCUT2D eigenvalue weighted by atomic mass is 16.5. The number of phenols is 1. The van der Waals surface area contributed by atoms with Gasteiger partial charge in [0.25, 0.3) is 0 Å². The first-order valence-electron chi connectivity index (χ1n) is 16.2. The second-order valence-electron chi connectivity index (χ2n) is 12.6. The van der Waals surface area contributed by atoms with Crippen molar-refractivity contribution in [2.45, 2.75) is 18.9 Å². The summed E-state index contributed by atoms with van der Waals surface area (Å²) in [6.45, 7) is 0.160. The molecule has 4 atom stereocenters. The van der Waals surface area contributed by atoms with Crippen molar-refractivity contribution in [2.75, 3.05) is 16.8 Å². The predicted octanol–water partition coefficient (Wildman–Crippen LogP) is 6.97. The van der Waals surface area contributed by atoms with Crippen molar-refractivity contribution in [3.8, 4) is 11.5 Å². The first-order chi connectivity index (χ1) is 23.5. The average Bonchev–Trinajstić information content (AvgIpc) is 3.37. The van der Waals surface area contributed by atoms with Gasteiger partial charge in [-0.05, 0) is 95.4 Å². The fraction of sp³-hybridized carbons (Fsp3) is 0.179. The number of para-hydroxylation sites is 2. The Bertz CT molecular complexity index is 2040. The standard InChI is InChI=1S/C39H33BN2O6/c43-34-20-19-31(29-13-7-8-14-30(29)34)35-22-32-36-33(21-24(37(32)40(46)48-35)23-47-28-11-5-2-6-12-28)38(44)42(39(36)45)27-17-15-26(16-18-27)41-25-9-3-1-4-10-25/h1-20,32-33,35-36,41,43,46H,21-23H2/t32-,33-,35-,36+/m0/s1. The number of allylic oxidation sites excluding steroid dienone is 1. The molecule has 3 aliphatic rings. The van der Waals surface area contributed by atoms with E-state index in [1.54, 1.807) is 18.2 Å². The number of fused-ring (bicyclic) bond motifs is 4.